The molecular formula is C22H30F3N3O2. The number of alkyl halides is 3. The molecule has 1 unspecified atom stereocenters. The molecule has 1 aromatic carbocycles. The first-order valence-corrected chi connectivity index (χ1v) is 10.8. The van der Waals surface area contributed by atoms with Crippen molar-refractivity contribution in [1.29, 1.82) is 0 Å². The van der Waals surface area contributed by atoms with E-state index in [1.165, 1.54) is 12.1 Å². The molecule has 8 heteroatoms. The van der Waals surface area contributed by atoms with Gasteiger partial charge in [-0.05, 0) is 75.4 Å². The average molecular weight is 425 g/mol. The molecule has 3 fully saturated rings. The maximum atomic E-state index is 12.9. The molecule has 0 saturated carbocycles. The molecule has 5 nitrogen and oxygen atoms in total. The van der Waals surface area contributed by atoms with Crippen LogP contribution in [-0.2, 0) is 11.3 Å². The first-order valence-electron chi connectivity index (χ1n) is 10.8. The number of halogens is 3. The van der Waals surface area contributed by atoms with E-state index in [1.807, 2.05) is 4.90 Å². The monoisotopic (exact) mass is 425 g/mol. The molecular weight excluding hydrogens is 395 g/mol. The summed E-state index contributed by atoms with van der Waals surface area (Å²) in [5.41, 5.74) is 1.18. The van der Waals surface area contributed by atoms with Crippen LogP contribution in [0.2, 0.25) is 0 Å². The lowest BCUT2D eigenvalue weighted by molar-refractivity contribution is -0.274. The Morgan fingerprint density at radius 2 is 1.73 bits per heavy atom. The fraction of sp³-hybridized carbons (Fsp3) is 0.682. The number of nitrogens with zero attached hydrogens (tertiary/aromatic N) is 3. The van der Waals surface area contributed by atoms with Crippen LogP contribution in [0, 0.1) is 5.41 Å². The number of piperidine rings is 1. The summed E-state index contributed by atoms with van der Waals surface area (Å²) < 4.78 is 40.8. The maximum absolute atomic E-state index is 12.9. The first kappa shape index (κ1) is 21.4. The second-order valence-corrected chi connectivity index (χ2v) is 9.14. The second-order valence-electron chi connectivity index (χ2n) is 9.14. The van der Waals surface area contributed by atoms with Crippen molar-refractivity contribution in [2.45, 2.75) is 51.1 Å². The molecule has 0 bridgehead atoms. The summed E-state index contributed by atoms with van der Waals surface area (Å²) in [6.45, 7) is 5.37. The molecule has 1 aromatic rings. The van der Waals surface area contributed by atoms with Crippen molar-refractivity contribution in [3.8, 4) is 5.75 Å². The Bertz CT molecular complexity index is 739. The highest BCUT2D eigenvalue weighted by Gasteiger charge is 2.47. The van der Waals surface area contributed by atoms with Crippen molar-refractivity contribution in [1.82, 2.24) is 14.7 Å². The number of rotatable bonds is 4. The van der Waals surface area contributed by atoms with Crippen molar-refractivity contribution in [3.63, 3.8) is 0 Å². The minimum absolute atomic E-state index is 0.0100. The van der Waals surface area contributed by atoms with Gasteiger partial charge in [-0.1, -0.05) is 12.1 Å². The summed E-state index contributed by atoms with van der Waals surface area (Å²) in [6, 6.07) is 6.14. The number of likely N-dealkylation sites (N-methyl/N-ethyl adjacent to an activating group) is 1. The second kappa shape index (κ2) is 8.38. The summed E-state index contributed by atoms with van der Waals surface area (Å²) in [6.07, 6.45) is 0.616. The molecule has 166 valence electrons. The van der Waals surface area contributed by atoms with Gasteiger partial charge in [0, 0.05) is 26.2 Å². The quantitative estimate of drug-likeness (QED) is 0.740. The largest absolute Gasteiger partial charge is 0.573 e. The number of benzene rings is 1. The number of amides is 1. The van der Waals surface area contributed by atoms with Crippen molar-refractivity contribution < 1.29 is 22.7 Å². The van der Waals surface area contributed by atoms with Gasteiger partial charge in [0.2, 0.25) is 5.91 Å². The van der Waals surface area contributed by atoms with E-state index in [-0.39, 0.29) is 17.2 Å². The van der Waals surface area contributed by atoms with E-state index in [1.54, 1.807) is 12.1 Å². The molecule has 4 rings (SSSR count). The van der Waals surface area contributed by atoms with E-state index in [0.29, 0.717) is 12.5 Å². The Morgan fingerprint density at radius 1 is 1.10 bits per heavy atom. The van der Waals surface area contributed by atoms with Crippen molar-refractivity contribution in [2.75, 3.05) is 39.8 Å². The van der Waals surface area contributed by atoms with Gasteiger partial charge in [-0.15, -0.1) is 13.2 Å². The Hall–Kier alpha value is -1.80. The molecule has 1 amide bonds. The van der Waals surface area contributed by atoms with Gasteiger partial charge in [0.05, 0.1) is 6.04 Å². The van der Waals surface area contributed by atoms with E-state index < -0.39 is 6.36 Å². The van der Waals surface area contributed by atoms with Crippen LogP contribution in [0.15, 0.2) is 24.3 Å². The van der Waals surface area contributed by atoms with Crippen molar-refractivity contribution in [3.05, 3.63) is 29.8 Å². The Kier molecular flexibility index (Phi) is 5.99. The van der Waals surface area contributed by atoms with Crippen LogP contribution < -0.4 is 4.74 Å². The van der Waals surface area contributed by atoms with E-state index in [2.05, 4.69) is 21.6 Å². The van der Waals surface area contributed by atoms with E-state index >= 15 is 0 Å². The smallest absolute Gasteiger partial charge is 0.406 e. The van der Waals surface area contributed by atoms with Gasteiger partial charge < -0.3 is 9.64 Å². The Morgan fingerprint density at radius 3 is 2.33 bits per heavy atom. The molecule has 1 atom stereocenters. The zero-order valence-corrected chi connectivity index (χ0v) is 17.5. The first-order chi connectivity index (χ1) is 14.2. The van der Waals surface area contributed by atoms with Crippen LogP contribution in [0.5, 0.6) is 5.75 Å². The molecule has 3 aliphatic rings. The third-order valence-corrected chi connectivity index (χ3v) is 6.93. The normalized spacial score (nSPS) is 25.2. The number of hydrogen-bond acceptors (Lipinski definition) is 4. The highest BCUT2D eigenvalue weighted by molar-refractivity contribution is 5.82. The molecule has 30 heavy (non-hydrogen) atoms. The number of likely N-dealkylation sites (tertiary alicyclic amines) is 3. The van der Waals surface area contributed by atoms with Gasteiger partial charge in [0.25, 0.3) is 0 Å². The summed E-state index contributed by atoms with van der Waals surface area (Å²) in [5.74, 6) is 0.113. The van der Waals surface area contributed by atoms with Crippen LogP contribution in [0.1, 0.15) is 37.7 Å². The van der Waals surface area contributed by atoms with E-state index in [4.69, 9.17) is 0 Å². The predicted octanol–water partition coefficient (Wildman–Crippen LogP) is 3.49. The minimum Gasteiger partial charge on any atom is -0.406 e. The fourth-order valence-electron chi connectivity index (χ4n) is 5.30. The van der Waals surface area contributed by atoms with Crippen LogP contribution in [-0.4, -0.2) is 72.8 Å². The van der Waals surface area contributed by atoms with E-state index in [9.17, 15) is 18.0 Å². The van der Waals surface area contributed by atoms with Crippen LogP contribution in [0.25, 0.3) is 0 Å². The molecule has 3 heterocycles. The minimum atomic E-state index is -4.66. The van der Waals surface area contributed by atoms with Crippen LogP contribution >= 0.6 is 0 Å². The average Bonchev–Trinajstić information content (AvgIpc) is 3.32. The molecule has 0 N–H and O–H groups in total. The van der Waals surface area contributed by atoms with Gasteiger partial charge in [-0.2, -0.15) is 0 Å². The predicted molar refractivity (Wildman–Crippen MR) is 107 cm³/mol. The summed E-state index contributed by atoms with van der Waals surface area (Å²) in [7, 11) is 2.07. The molecule has 0 aliphatic carbocycles. The molecule has 3 aliphatic heterocycles. The Balaban J connectivity index is 1.29. The third kappa shape index (κ3) is 4.91. The fourth-order valence-corrected chi connectivity index (χ4v) is 5.30. The van der Waals surface area contributed by atoms with Gasteiger partial charge >= 0.3 is 6.36 Å². The number of carbonyl (C=O) groups excluding carboxylic acids is 1. The van der Waals surface area contributed by atoms with Crippen molar-refractivity contribution >= 4 is 5.91 Å². The summed E-state index contributed by atoms with van der Waals surface area (Å²) in [4.78, 5) is 19.5. The molecule has 3 saturated heterocycles. The standard InChI is InChI=1S/C22H30F3N3O2/c1-26-16-21(14-19(26)20(29)28-10-2-3-11-28)8-12-27(13-9-21)15-17-4-6-18(7-5-17)30-22(23,24)25/h4-7,19H,2-3,8-16H2,1H3. The zero-order chi connectivity index (χ0) is 21.4. The van der Waals surface area contributed by atoms with Crippen molar-refractivity contribution in [2.24, 2.45) is 5.41 Å². The SMILES string of the molecule is CN1CC2(CCN(Cc3ccc(OC(F)(F)F)cc3)CC2)CC1C(=O)N1CCCC1. The number of ether oxygens (including phenoxy) is 1. The highest BCUT2D eigenvalue weighted by Crippen LogP contribution is 2.43. The van der Waals surface area contributed by atoms with E-state index in [0.717, 1.165) is 70.4 Å². The van der Waals surface area contributed by atoms with Crippen LogP contribution in [0.3, 0.4) is 0 Å². The zero-order valence-electron chi connectivity index (χ0n) is 17.5. The Labute approximate surface area is 175 Å². The topological polar surface area (TPSA) is 36.0 Å². The highest BCUT2D eigenvalue weighted by atomic mass is 19.4. The lowest BCUT2D eigenvalue weighted by atomic mass is 9.76. The molecule has 1 spiro atoms. The third-order valence-electron chi connectivity index (χ3n) is 6.93. The molecule has 0 radical (unpaired) electrons. The lowest BCUT2D eigenvalue weighted by Crippen LogP contribution is -2.42. The summed E-state index contributed by atoms with van der Waals surface area (Å²) in [5, 5.41) is 0. The molecule has 0 aromatic heterocycles. The van der Waals surface area contributed by atoms with Crippen LogP contribution in [0.4, 0.5) is 13.2 Å². The number of carbonyl (C=O) groups is 1. The lowest BCUT2D eigenvalue weighted by Gasteiger charge is -2.39. The van der Waals surface area contributed by atoms with Gasteiger partial charge in [0.1, 0.15) is 5.75 Å². The maximum Gasteiger partial charge on any atom is 0.573 e. The summed E-state index contributed by atoms with van der Waals surface area (Å²) >= 11 is 0. The van der Waals surface area contributed by atoms with Gasteiger partial charge in [0.15, 0.2) is 0 Å². The van der Waals surface area contributed by atoms with Gasteiger partial charge in [-0.25, -0.2) is 0 Å². The number of hydrogen-bond donors (Lipinski definition) is 0. The van der Waals surface area contributed by atoms with Gasteiger partial charge in [-0.3, -0.25) is 14.6 Å².